The summed E-state index contributed by atoms with van der Waals surface area (Å²) in [4.78, 5) is 22.3. The van der Waals surface area contributed by atoms with Gasteiger partial charge in [-0.05, 0) is 43.5 Å². The number of phenolic OH excluding ortho intramolecular Hbond substituents is 1. The number of piperazine rings is 1. The zero-order valence-corrected chi connectivity index (χ0v) is 15.1. The minimum atomic E-state index is -0.0916. The van der Waals surface area contributed by atoms with Crippen LogP contribution < -0.4 is 10.3 Å². The van der Waals surface area contributed by atoms with Gasteiger partial charge in [0.1, 0.15) is 5.75 Å². The molecule has 5 nitrogen and oxygen atoms in total. The highest BCUT2D eigenvalue weighted by atomic mass is 16.3. The molecule has 1 aliphatic heterocycles. The Morgan fingerprint density at radius 1 is 1.00 bits per heavy atom. The third-order valence-corrected chi connectivity index (χ3v) is 5.26. The first-order valence-electron chi connectivity index (χ1n) is 9.08. The summed E-state index contributed by atoms with van der Waals surface area (Å²) in [5.74, 6) is 0.0999. The van der Waals surface area contributed by atoms with E-state index in [1.165, 1.54) is 6.07 Å². The quantitative estimate of drug-likeness (QED) is 0.771. The smallest absolute Gasteiger partial charge is 0.196 e. The summed E-state index contributed by atoms with van der Waals surface area (Å²) in [6, 6.07) is 11.1. The Hall–Kier alpha value is -2.66. The van der Waals surface area contributed by atoms with Gasteiger partial charge in [-0.25, -0.2) is 0 Å². The van der Waals surface area contributed by atoms with E-state index in [9.17, 15) is 9.90 Å². The van der Waals surface area contributed by atoms with Gasteiger partial charge >= 0.3 is 0 Å². The molecule has 0 saturated carbocycles. The number of rotatable bonds is 2. The summed E-state index contributed by atoms with van der Waals surface area (Å²) >= 11 is 0. The maximum atomic E-state index is 13.0. The monoisotopic (exact) mass is 349 g/mol. The van der Waals surface area contributed by atoms with E-state index in [4.69, 9.17) is 0 Å². The Balaban J connectivity index is 1.78. The van der Waals surface area contributed by atoms with Gasteiger partial charge in [0.05, 0.1) is 22.8 Å². The summed E-state index contributed by atoms with van der Waals surface area (Å²) in [6.07, 6.45) is 1.86. The molecule has 5 heteroatoms. The molecule has 0 radical (unpaired) electrons. The zero-order valence-electron chi connectivity index (χ0n) is 15.1. The van der Waals surface area contributed by atoms with Crippen LogP contribution in [0.4, 0.5) is 5.69 Å². The number of hydrogen-bond acceptors (Lipinski definition) is 5. The molecule has 0 amide bonds. The minimum absolute atomic E-state index is 0.0916. The fourth-order valence-corrected chi connectivity index (χ4v) is 3.65. The number of aromatic nitrogens is 1. The van der Waals surface area contributed by atoms with Gasteiger partial charge < -0.3 is 10.0 Å². The second-order valence-corrected chi connectivity index (χ2v) is 7.18. The van der Waals surface area contributed by atoms with Crippen molar-refractivity contribution < 1.29 is 5.11 Å². The number of nitrogens with zero attached hydrogens (tertiary/aromatic N) is 3. The van der Waals surface area contributed by atoms with Gasteiger partial charge in [0, 0.05) is 37.6 Å². The van der Waals surface area contributed by atoms with Gasteiger partial charge in [0.25, 0.3) is 0 Å². The number of benzene rings is 1. The van der Waals surface area contributed by atoms with Gasteiger partial charge in [-0.2, -0.15) is 0 Å². The first kappa shape index (κ1) is 16.8. The van der Waals surface area contributed by atoms with E-state index in [2.05, 4.69) is 28.6 Å². The van der Waals surface area contributed by atoms with E-state index < -0.39 is 0 Å². The maximum Gasteiger partial charge on any atom is 0.196 e. The molecule has 134 valence electrons. The summed E-state index contributed by atoms with van der Waals surface area (Å²) in [7, 11) is 0. The van der Waals surface area contributed by atoms with Crippen LogP contribution in [0.15, 0.2) is 47.4 Å². The molecule has 0 bridgehead atoms. The normalized spacial score (nSPS) is 15.9. The molecule has 0 atom stereocenters. The third-order valence-electron chi connectivity index (χ3n) is 5.26. The van der Waals surface area contributed by atoms with Crippen LogP contribution in [-0.4, -0.2) is 47.2 Å². The Bertz CT molecular complexity index is 1020. The molecule has 3 aromatic rings. The van der Waals surface area contributed by atoms with E-state index in [1.54, 1.807) is 12.1 Å². The predicted molar refractivity (Wildman–Crippen MR) is 106 cm³/mol. The Kier molecular flexibility index (Phi) is 4.24. The molecule has 1 N–H and O–H groups in total. The van der Waals surface area contributed by atoms with Crippen molar-refractivity contribution in [2.75, 3.05) is 31.1 Å². The van der Waals surface area contributed by atoms with Crippen LogP contribution in [0.2, 0.25) is 0 Å². The molecule has 1 aromatic heterocycles. The summed E-state index contributed by atoms with van der Waals surface area (Å²) in [5.41, 5.74) is 1.57. The lowest BCUT2D eigenvalue weighted by molar-refractivity contribution is 0.209. The predicted octanol–water partition coefficient (Wildman–Crippen LogP) is 2.98. The van der Waals surface area contributed by atoms with Crippen molar-refractivity contribution in [2.24, 2.45) is 0 Å². The number of pyridine rings is 1. The van der Waals surface area contributed by atoms with Crippen LogP contribution in [0.5, 0.6) is 5.75 Å². The molecular formula is C21H23N3O2. The number of phenols is 1. The lowest BCUT2D eigenvalue weighted by Gasteiger charge is -2.38. The molecule has 0 unspecified atom stereocenters. The second-order valence-electron chi connectivity index (χ2n) is 7.18. The second kappa shape index (κ2) is 6.57. The van der Waals surface area contributed by atoms with Gasteiger partial charge in [0.2, 0.25) is 0 Å². The number of hydrogen-bond donors (Lipinski definition) is 1. The molecule has 2 heterocycles. The summed E-state index contributed by atoms with van der Waals surface area (Å²) in [6.45, 7) is 8.33. The Morgan fingerprint density at radius 2 is 1.73 bits per heavy atom. The Labute approximate surface area is 152 Å². The van der Waals surface area contributed by atoms with E-state index >= 15 is 0 Å². The molecule has 26 heavy (non-hydrogen) atoms. The summed E-state index contributed by atoms with van der Waals surface area (Å²) in [5, 5.41) is 11.7. The van der Waals surface area contributed by atoms with Gasteiger partial charge in [-0.3, -0.25) is 14.7 Å². The molecule has 0 aliphatic carbocycles. The molecule has 4 rings (SSSR count). The number of aromatic hydroxyl groups is 1. The van der Waals surface area contributed by atoms with E-state index in [1.807, 2.05) is 24.4 Å². The highest BCUT2D eigenvalue weighted by Crippen LogP contribution is 2.23. The number of anilines is 1. The minimum Gasteiger partial charge on any atom is -0.508 e. The van der Waals surface area contributed by atoms with Crippen LogP contribution >= 0.6 is 0 Å². The highest BCUT2D eigenvalue weighted by Gasteiger charge is 2.19. The first-order valence-corrected chi connectivity index (χ1v) is 9.08. The fraction of sp³-hybridized carbons (Fsp3) is 0.333. The molecule has 1 fully saturated rings. The zero-order chi connectivity index (χ0) is 18.3. The standard InChI is InChI=1S/C21H23N3O2/c1-14(2)23-7-9-24(10-8-23)16-11-19-20(22-13-16)6-4-15-3-5-17(25)12-18(15)21(19)26/h3-6,11-14,25H,7-10H2,1-2H3. The molecule has 1 aliphatic rings. The average molecular weight is 349 g/mol. The molecular weight excluding hydrogens is 326 g/mol. The van der Waals surface area contributed by atoms with E-state index in [0.717, 1.165) is 37.3 Å². The van der Waals surface area contributed by atoms with Gasteiger partial charge in [-0.1, -0.05) is 12.1 Å². The van der Waals surface area contributed by atoms with Gasteiger partial charge in [0.15, 0.2) is 5.43 Å². The van der Waals surface area contributed by atoms with Crippen LogP contribution in [-0.2, 0) is 0 Å². The average Bonchev–Trinajstić information content (AvgIpc) is 2.79. The Morgan fingerprint density at radius 3 is 2.46 bits per heavy atom. The summed E-state index contributed by atoms with van der Waals surface area (Å²) < 4.78 is 0. The van der Waals surface area contributed by atoms with Crippen molar-refractivity contribution in [3.05, 3.63) is 52.8 Å². The van der Waals surface area contributed by atoms with E-state index in [-0.39, 0.29) is 11.2 Å². The molecule has 2 aromatic carbocycles. The lowest BCUT2D eigenvalue weighted by Crippen LogP contribution is -2.48. The molecule has 0 spiro atoms. The maximum absolute atomic E-state index is 13.0. The lowest BCUT2D eigenvalue weighted by atomic mass is 10.1. The SMILES string of the molecule is CC(C)N1CCN(c2cnc3ccc4ccc(O)cc4c(=O)c3c2)CC1. The van der Waals surface area contributed by atoms with Crippen molar-refractivity contribution in [2.45, 2.75) is 19.9 Å². The number of fused-ring (bicyclic) bond motifs is 2. The van der Waals surface area contributed by atoms with Crippen molar-refractivity contribution in [1.82, 2.24) is 9.88 Å². The third kappa shape index (κ3) is 2.99. The topological polar surface area (TPSA) is 56.7 Å². The van der Waals surface area contributed by atoms with Crippen molar-refractivity contribution in [3.63, 3.8) is 0 Å². The van der Waals surface area contributed by atoms with E-state index in [0.29, 0.717) is 22.3 Å². The van der Waals surface area contributed by atoms with Crippen LogP contribution in [0.25, 0.3) is 21.7 Å². The van der Waals surface area contributed by atoms with Crippen molar-refractivity contribution in [3.8, 4) is 5.75 Å². The first-order chi connectivity index (χ1) is 12.5. The highest BCUT2D eigenvalue weighted by molar-refractivity contribution is 5.93. The van der Waals surface area contributed by atoms with Crippen molar-refractivity contribution >= 4 is 27.4 Å². The molecule has 1 saturated heterocycles. The van der Waals surface area contributed by atoms with Crippen LogP contribution in [0.1, 0.15) is 13.8 Å². The van der Waals surface area contributed by atoms with Crippen molar-refractivity contribution in [1.29, 1.82) is 0 Å². The van der Waals surface area contributed by atoms with Crippen LogP contribution in [0.3, 0.4) is 0 Å². The largest absolute Gasteiger partial charge is 0.508 e. The van der Waals surface area contributed by atoms with Gasteiger partial charge in [-0.15, -0.1) is 0 Å². The fourth-order valence-electron chi connectivity index (χ4n) is 3.65. The van der Waals surface area contributed by atoms with Crippen LogP contribution in [0, 0.1) is 0 Å².